The van der Waals surface area contributed by atoms with Crippen LogP contribution in [-0.4, -0.2) is 57.7 Å². The van der Waals surface area contributed by atoms with Crippen LogP contribution in [0.3, 0.4) is 0 Å². The van der Waals surface area contributed by atoms with E-state index in [-0.39, 0.29) is 5.91 Å². The Labute approximate surface area is 157 Å². The van der Waals surface area contributed by atoms with Crippen LogP contribution in [0.25, 0.3) is 0 Å². The molecule has 2 fully saturated rings. The van der Waals surface area contributed by atoms with Gasteiger partial charge in [0.05, 0.1) is 0 Å². The number of rotatable bonds is 4. The molecule has 4 rings (SSSR count). The smallest absolute Gasteiger partial charge is 0.274 e. The summed E-state index contributed by atoms with van der Waals surface area (Å²) in [5, 5.41) is 4.86. The molecule has 2 aliphatic heterocycles. The summed E-state index contributed by atoms with van der Waals surface area (Å²) in [6, 6.07) is 0.602. The van der Waals surface area contributed by atoms with Crippen molar-refractivity contribution in [2.45, 2.75) is 77.8 Å². The van der Waals surface area contributed by atoms with E-state index in [0.717, 1.165) is 51.0 Å². The minimum absolute atomic E-state index is 0.181. The number of piperidine rings is 1. The monoisotopic (exact) mass is 358 g/mol. The van der Waals surface area contributed by atoms with Crippen molar-refractivity contribution in [1.29, 1.82) is 0 Å². The lowest BCUT2D eigenvalue weighted by Gasteiger charge is -2.37. The fraction of sp³-hybridized carbons (Fsp3) is 0.810. The summed E-state index contributed by atoms with van der Waals surface area (Å²) in [4.78, 5) is 17.8. The van der Waals surface area contributed by atoms with E-state index in [4.69, 9.17) is 5.10 Å². The van der Waals surface area contributed by atoms with Crippen molar-refractivity contribution in [3.8, 4) is 0 Å². The van der Waals surface area contributed by atoms with Gasteiger partial charge in [-0.1, -0.05) is 20.3 Å². The zero-order valence-corrected chi connectivity index (χ0v) is 16.5. The minimum atomic E-state index is 0.181. The Bertz CT molecular complexity index is 639. The molecule has 5 nitrogen and oxygen atoms in total. The number of nitrogens with zero attached hydrogens (tertiary/aromatic N) is 4. The van der Waals surface area contributed by atoms with E-state index in [0.29, 0.717) is 12.0 Å². The van der Waals surface area contributed by atoms with E-state index in [2.05, 4.69) is 23.4 Å². The number of carbonyl (C=O) groups excluding carboxylic acids is 1. The SMILES string of the molecule is CC(C)Cn1nc(C(=O)N2CCCC2)c2c1CC[C@@H](N1CCCCC1)C2. The molecule has 1 amide bonds. The molecule has 2 saturated heterocycles. The summed E-state index contributed by atoms with van der Waals surface area (Å²) in [6.45, 7) is 9.65. The Morgan fingerprint density at radius 3 is 2.46 bits per heavy atom. The average Bonchev–Trinajstić information content (AvgIpc) is 3.30. The largest absolute Gasteiger partial charge is 0.337 e. The maximum atomic E-state index is 13.1. The third kappa shape index (κ3) is 3.55. The van der Waals surface area contributed by atoms with Crippen LogP contribution in [-0.2, 0) is 19.4 Å². The molecule has 26 heavy (non-hydrogen) atoms. The second-order valence-electron chi connectivity index (χ2n) is 8.84. The van der Waals surface area contributed by atoms with Crippen LogP contribution in [0.4, 0.5) is 0 Å². The molecule has 3 heterocycles. The molecule has 0 bridgehead atoms. The van der Waals surface area contributed by atoms with E-state index < -0.39 is 0 Å². The van der Waals surface area contributed by atoms with E-state index in [1.54, 1.807) is 0 Å². The van der Waals surface area contributed by atoms with Crippen molar-refractivity contribution >= 4 is 5.91 Å². The van der Waals surface area contributed by atoms with Crippen molar-refractivity contribution in [1.82, 2.24) is 19.6 Å². The summed E-state index contributed by atoms with van der Waals surface area (Å²) >= 11 is 0. The fourth-order valence-corrected chi connectivity index (χ4v) is 5.00. The van der Waals surface area contributed by atoms with Crippen LogP contribution in [0, 0.1) is 5.92 Å². The van der Waals surface area contributed by atoms with Crippen molar-refractivity contribution in [3.05, 3.63) is 17.0 Å². The quantitative estimate of drug-likeness (QED) is 0.830. The summed E-state index contributed by atoms with van der Waals surface area (Å²) in [5.74, 6) is 0.731. The average molecular weight is 359 g/mol. The zero-order valence-electron chi connectivity index (χ0n) is 16.5. The van der Waals surface area contributed by atoms with Gasteiger partial charge in [0.1, 0.15) is 0 Å². The number of amides is 1. The fourth-order valence-electron chi connectivity index (χ4n) is 5.00. The zero-order chi connectivity index (χ0) is 18.1. The van der Waals surface area contributed by atoms with Gasteiger partial charge in [-0.05, 0) is 64.0 Å². The van der Waals surface area contributed by atoms with Crippen molar-refractivity contribution in [3.63, 3.8) is 0 Å². The molecule has 0 unspecified atom stereocenters. The van der Waals surface area contributed by atoms with E-state index in [1.165, 1.54) is 50.0 Å². The minimum Gasteiger partial charge on any atom is -0.337 e. The molecule has 1 atom stereocenters. The summed E-state index contributed by atoms with van der Waals surface area (Å²) in [7, 11) is 0. The first-order valence-electron chi connectivity index (χ1n) is 10.8. The van der Waals surface area contributed by atoms with Crippen LogP contribution < -0.4 is 0 Å². The van der Waals surface area contributed by atoms with E-state index in [9.17, 15) is 4.79 Å². The van der Waals surface area contributed by atoms with Crippen molar-refractivity contribution in [2.24, 2.45) is 5.92 Å². The van der Waals surface area contributed by atoms with Crippen LogP contribution in [0.15, 0.2) is 0 Å². The number of carbonyl (C=O) groups is 1. The Morgan fingerprint density at radius 2 is 1.77 bits per heavy atom. The van der Waals surface area contributed by atoms with Crippen LogP contribution >= 0.6 is 0 Å². The summed E-state index contributed by atoms with van der Waals surface area (Å²) in [5.41, 5.74) is 3.38. The Morgan fingerprint density at radius 1 is 1.08 bits per heavy atom. The highest BCUT2D eigenvalue weighted by Crippen LogP contribution is 2.30. The molecule has 144 valence electrons. The molecule has 1 aromatic rings. The first-order valence-corrected chi connectivity index (χ1v) is 10.8. The van der Waals surface area contributed by atoms with Crippen LogP contribution in [0.5, 0.6) is 0 Å². The van der Waals surface area contributed by atoms with Gasteiger partial charge in [0, 0.05) is 36.9 Å². The van der Waals surface area contributed by atoms with Gasteiger partial charge >= 0.3 is 0 Å². The number of hydrogen-bond acceptors (Lipinski definition) is 3. The Hall–Kier alpha value is -1.36. The molecule has 0 N–H and O–H groups in total. The highest BCUT2D eigenvalue weighted by Gasteiger charge is 2.34. The summed E-state index contributed by atoms with van der Waals surface area (Å²) < 4.78 is 2.16. The van der Waals surface area contributed by atoms with Gasteiger partial charge in [-0.2, -0.15) is 5.10 Å². The van der Waals surface area contributed by atoms with Gasteiger partial charge in [0.25, 0.3) is 5.91 Å². The lowest BCUT2D eigenvalue weighted by molar-refractivity contribution is 0.0783. The second-order valence-corrected chi connectivity index (χ2v) is 8.84. The number of likely N-dealkylation sites (tertiary alicyclic amines) is 2. The lowest BCUT2D eigenvalue weighted by atomic mass is 9.89. The molecule has 1 aliphatic carbocycles. The standard InChI is InChI=1S/C21H34N4O/c1-16(2)15-25-19-9-8-17(23-10-4-3-5-11-23)14-18(19)20(22-25)21(26)24-12-6-7-13-24/h16-17H,3-15H2,1-2H3/t17-/m1/s1. The van der Waals surface area contributed by atoms with Crippen molar-refractivity contribution < 1.29 is 4.79 Å². The predicted molar refractivity (Wildman–Crippen MR) is 103 cm³/mol. The van der Waals surface area contributed by atoms with Gasteiger partial charge in [-0.15, -0.1) is 0 Å². The number of fused-ring (bicyclic) bond motifs is 1. The first-order chi connectivity index (χ1) is 12.6. The molecule has 1 aromatic heterocycles. The molecular weight excluding hydrogens is 324 g/mol. The summed E-state index contributed by atoms with van der Waals surface area (Å²) in [6.07, 6.45) is 9.61. The highest BCUT2D eigenvalue weighted by molar-refractivity contribution is 5.94. The molecule has 0 saturated carbocycles. The van der Waals surface area contributed by atoms with Crippen molar-refractivity contribution in [2.75, 3.05) is 26.2 Å². The number of aromatic nitrogens is 2. The highest BCUT2D eigenvalue weighted by atomic mass is 16.2. The topological polar surface area (TPSA) is 41.4 Å². The Balaban J connectivity index is 1.61. The number of hydrogen-bond donors (Lipinski definition) is 0. The van der Waals surface area contributed by atoms with E-state index in [1.807, 2.05) is 4.90 Å². The molecule has 0 spiro atoms. The van der Waals surface area contributed by atoms with Gasteiger partial charge < -0.3 is 9.80 Å². The Kier molecular flexibility index (Phi) is 5.35. The van der Waals surface area contributed by atoms with E-state index >= 15 is 0 Å². The second kappa shape index (κ2) is 7.71. The molecule has 5 heteroatoms. The lowest BCUT2D eigenvalue weighted by Crippen LogP contribution is -2.42. The molecule has 3 aliphatic rings. The normalized spacial score (nSPS) is 24.3. The molecular formula is C21H34N4O. The van der Waals surface area contributed by atoms with Gasteiger partial charge in [-0.25, -0.2) is 0 Å². The van der Waals surface area contributed by atoms with Gasteiger partial charge in [0.15, 0.2) is 5.69 Å². The molecule has 0 radical (unpaired) electrons. The predicted octanol–water partition coefficient (Wildman–Crippen LogP) is 3.12. The first kappa shape index (κ1) is 18.0. The third-order valence-corrected chi connectivity index (χ3v) is 6.36. The molecule has 0 aromatic carbocycles. The third-order valence-electron chi connectivity index (χ3n) is 6.36. The van der Waals surface area contributed by atoms with Gasteiger partial charge in [-0.3, -0.25) is 9.48 Å². The van der Waals surface area contributed by atoms with Crippen LogP contribution in [0.2, 0.25) is 0 Å². The van der Waals surface area contributed by atoms with Gasteiger partial charge in [0.2, 0.25) is 0 Å². The maximum Gasteiger partial charge on any atom is 0.274 e. The van der Waals surface area contributed by atoms with Crippen LogP contribution in [0.1, 0.15) is 74.1 Å². The maximum absolute atomic E-state index is 13.1.